The maximum absolute atomic E-state index is 11.7. The number of urea groups is 1. The number of hydrogen-bond donors (Lipinski definition) is 4. The second kappa shape index (κ2) is 6.08. The Morgan fingerprint density at radius 2 is 1.90 bits per heavy atom. The lowest BCUT2D eigenvalue weighted by atomic mass is 10.0. The summed E-state index contributed by atoms with van der Waals surface area (Å²) in [5, 5.41) is 16.8. The van der Waals surface area contributed by atoms with Crippen LogP contribution in [0.5, 0.6) is 0 Å². The van der Waals surface area contributed by atoms with Crippen molar-refractivity contribution in [2.24, 2.45) is 5.92 Å². The number of nitrogens with one attached hydrogen (secondary N) is 3. The Hall–Kier alpha value is -1.83. The van der Waals surface area contributed by atoms with Crippen molar-refractivity contribution in [2.75, 3.05) is 13.2 Å². The van der Waals surface area contributed by atoms with Crippen molar-refractivity contribution in [3.8, 4) is 0 Å². The largest absolute Gasteiger partial charge is 0.481 e. The van der Waals surface area contributed by atoms with E-state index in [4.69, 9.17) is 9.84 Å². The first-order valence-electron chi connectivity index (χ1n) is 6.65. The number of carboxylic acids is 1. The molecular formula is C12H19N3O5. The van der Waals surface area contributed by atoms with Crippen molar-refractivity contribution < 1.29 is 24.2 Å². The predicted molar refractivity (Wildman–Crippen MR) is 68.0 cm³/mol. The Balaban J connectivity index is 1.76. The molecule has 8 heteroatoms. The number of carbonyl (C=O) groups excluding carboxylic acids is 2. The third-order valence-electron chi connectivity index (χ3n) is 3.38. The molecule has 2 aliphatic rings. The van der Waals surface area contributed by atoms with Gasteiger partial charge in [-0.3, -0.25) is 9.59 Å². The van der Waals surface area contributed by atoms with Crippen molar-refractivity contribution in [2.45, 2.75) is 37.9 Å². The highest BCUT2D eigenvalue weighted by Crippen LogP contribution is 2.18. The van der Waals surface area contributed by atoms with Crippen LogP contribution in [0.1, 0.15) is 19.8 Å². The van der Waals surface area contributed by atoms with E-state index in [1.54, 1.807) is 6.92 Å². The SMILES string of the molecule is CC(NC(=O)NC1COCC1C(=O)O)C(=O)NC1CC1. The van der Waals surface area contributed by atoms with Crippen LogP contribution in [0.3, 0.4) is 0 Å². The molecule has 0 aromatic heterocycles. The molecule has 4 N–H and O–H groups in total. The van der Waals surface area contributed by atoms with E-state index in [-0.39, 0.29) is 25.2 Å². The van der Waals surface area contributed by atoms with Crippen molar-refractivity contribution >= 4 is 17.9 Å². The quantitative estimate of drug-likeness (QED) is 0.520. The Kier molecular flexibility index (Phi) is 4.43. The van der Waals surface area contributed by atoms with Gasteiger partial charge in [0.15, 0.2) is 0 Å². The summed E-state index contributed by atoms with van der Waals surface area (Å²) in [6, 6.07) is -1.58. The van der Waals surface area contributed by atoms with Gasteiger partial charge in [-0.25, -0.2) is 4.79 Å². The maximum Gasteiger partial charge on any atom is 0.315 e. The standard InChI is InChI=1S/C12H19N3O5/c1-6(10(16)14-7-2-3-7)13-12(19)15-9-5-20-4-8(9)11(17)18/h6-9H,2-5H2,1H3,(H,14,16)(H,17,18)(H2,13,15,19). The lowest BCUT2D eigenvalue weighted by molar-refractivity contribution is -0.142. The van der Waals surface area contributed by atoms with Crippen LogP contribution in [0.4, 0.5) is 4.79 Å². The number of aliphatic carboxylic acids is 1. The highest BCUT2D eigenvalue weighted by atomic mass is 16.5. The highest BCUT2D eigenvalue weighted by Gasteiger charge is 2.35. The van der Waals surface area contributed by atoms with E-state index >= 15 is 0 Å². The van der Waals surface area contributed by atoms with Crippen LogP contribution >= 0.6 is 0 Å². The summed E-state index contributed by atoms with van der Waals surface area (Å²) in [7, 11) is 0. The minimum atomic E-state index is -1.01. The number of carboxylic acid groups (broad SMARTS) is 1. The molecule has 2 fully saturated rings. The van der Waals surface area contributed by atoms with Crippen LogP contribution in [0.15, 0.2) is 0 Å². The summed E-state index contributed by atoms with van der Waals surface area (Å²) in [5.74, 6) is -2.00. The monoisotopic (exact) mass is 285 g/mol. The van der Waals surface area contributed by atoms with Gasteiger partial charge in [-0.15, -0.1) is 0 Å². The first-order chi connectivity index (χ1) is 9.47. The van der Waals surface area contributed by atoms with E-state index in [0.717, 1.165) is 12.8 Å². The first-order valence-corrected chi connectivity index (χ1v) is 6.65. The zero-order valence-corrected chi connectivity index (χ0v) is 11.2. The fourth-order valence-electron chi connectivity index (χ4n) is 1.97. The topological polar surface area (TPSA) is 117 Å². The summed E-state index contributed by atoms with van der Waals surface area (Å²) in [6.45, 7) is 1.82. The molecule has 1 saturated heterocycles. The van der Waals surface area contributed by atoms with Gasteiger partial charge in [0, 0.05) is 6.04 Å². The van der Waals surface area contributed by atoms with Crippen LogP contribution in [0.25, 0.3) is 0 Å². The molecular weight excluding hydrogens is 266 g/mol. The van der Waals surface area contributed by atoms with Gasteiger partial charge in [0.1, 0.15) is 12.0 Å². The Labute approximate surface area is 116 Å². The van der Waals surface area contributed by atoms with E-state index in [0.29, 0.717) is 0 Å². The minimum Gasteiger partial charge on any atom is -0.481 e. The second-order valence-electron chi connectivity index (χ2n) is 5.21. The van der Waals surface area contributed by atoms with Crippen molar-refractivity contribution in [3.05, 3.63) is 0 Å². The molecule has 112 valence electrons. The maximum atomic E-state index is 11.7. The normalized spacial score (nSPS) is 26.6. The number of ether oxygens (including phenoxy) is 1. The van der Waals surface area contributed by atoms with Gasteiger partial charge in [0.05, 0.1) is 19.3 Å². The van der Waals surface area contributed by atoms with E-state index in [1.807, 2.05) is 0 Å². The van der Waals surface area contributed by atoms with Crippen LogP contribution in [-0.4, -0.2) is 54.4 Å². The molecule has 0 spiro atoms. The summed E-state index contributed by atoms with van der Waals surface area (Å²) in [6.07, 6.45) is 1.95. The van der Waals surface area contributed by atoms with Gasteiger partial charge in [0.25, 0.3) is 0 Å². The molecule has 0 radical (unpaired) electrons. The molecule has 2 rings (SSSR count). The first kappa shape index (κ1) is 14.6. The van der Waals surface area contributed by atoms with Crippen molar-refractivity contribution in [1.82, 2.24) is 16.0 Å². The molecule has 3 amide bonds. The number of carbonyl (C=O) groups is 3. The Morgan fingerprint density at radius 1 is 1.20 bits per heavy atom. The van der Waals surface area contributed by atoms with Gasteiger partial charge < -0.3 is 25.8 Å². The molecule has 3 atom stereocenters. The third kappa shape index (κ3) is 3.83. The second-order valence-corrected chi connectivity index (χ2v) is 5.21. The van der Waals surface area contributed by atoms with Crippen LogP contribution in [0.2, 0.25) is 0 Å². The minimum absolute atomic E-state index is 0.0813. The molecule has 1 heterocycles. The number of rotatable bonds is 5. The van der Waals surface area contributed by atoms with Gasteiger partial charge in [-0.05, 0) is 19.8 Å². The van der Waals surface area contributed by atoms with Gasteiger partial charge in [0.2, 0.25) is 5.91 Å². The highest BCUT2D eigenvalue weighted by molar-refractivity contribution is 5.87. The molecule has 8 nitrogen and oxygen atoms in total. The zero-order chi connectivity index (χ0) is 14.7. The molecule has 0 aromatic rings. The van der Waals surface area contributed by atoms with Crippen molar-refractivity contribution in [1.29, 1.82) is 0 Å². The molecule has 1 saturated carbocycles. The van der Waals surface area contributed by atoms with Gasteiger partial charge >= 0.3 is 12.0 Å². The fraction of sp³-hybridized carbons (Fsp3) is 0.750. The third-order valence-corrected chi connectivity index (χ3v) is 3.38. The smallest absolute Gasteiger partial charge is 0.315 e. The summed E-state index contributed by atoms with van der Waals surface area (Å²) in [5.41, 5.74) is 0. The molecule has 1 aliphatic carbocycles. The number of amides is 3. The summed E-state index contributed by atoms with van der Waals surface area (Å²) < 4.78 is 5.04. The van der Waals surface area contributed by atoms with Crippen LogP contribution < -0.4 is 16.0 Å². The van der Waals surface area contributed by atoms with Crippen LogP contribution in [0, 0.1) is 5.92 Å². The number of hydrogen-bond acceptors (Lipinski definition) is 4. The predicted octanol–water partition coefficient (Wildman–Crippen LogP) is -0.948. The van der Waals surface area contributed by atoms with Gasteiger partial charge in [-0.1, -0.05) is 0 Å². The Bertz CT molecular complexity index is 410. The van der Waals surface area contributed by atoms with E-state index in [2.05, 4.69) is 16.0 Å². The Morgan fingerprint density at radius 3 is 2.50 bits per heavy atom. The molecule has 0 bridgehead atoms. The molecule has 3 unspecified atom stereocenters. The summed E-state index contributed by atoms with van der Waals surface area (Å²) in [4.78, 5) is 34.3. The fourth-order valence-corrected chi connectivity index (χ4v) is 1.97. The summed E-state index contributed by atoms with van der Waals surface area (Å²) >= 11 is 0. The van der Waals surface area contributed by atoms with Crippen LogP contribution in [-0.2, 0) is 14.3 Å². The molecule has 20 heavy (non-hydrogen) atoms. The molecule has 1 aliphatic heterocycles. The van der Waals surface area contributed by atoms with E-state index in [9.17, 15) is 14.4 Å². The van der Waals surface area contributed by atoms with E-state index in [1.165, 1.54) is 0 Å². The average Bonchev–Trinajstić information content (AvgIpc) is 3.05. The lowest BCUT2D eigenvalue weighted by Crippen LogP contribution is -2.53. The zero-order valence-electron chi connectivity index (χ0n) is 11.2. The van der Waals surface area contributed by atoms with Crippen molar-refractivity contribution in [3.63, 3.8) is 0 Å². The van der Waals surface area contributed by atoms with E-state index < -0.39 is 30.0 Å². The molecule has 0 aromatic carbocycles. The average molecular weight is 285 g/mol. The van der Waals surface area contributed by atoms with Gasteiger partial charge in [-0.2, -0.15) is 0 Å². The lowest BCUT2D eigenvalue weighted by Gasteiger charge is -2.19.